The third-order valence-corrected chi connectivity index (χ3v) is 4.45. The fourth-order valence-electron chi connectivity index (χ4n) is 3.18. The summed E-state index contributed by atoms with van der Waals surface area (Å²) >= 11 is 0. The van der Waals surface area contributed by atoms with Crippen molar-refractivity contribution in [3.05, 3.63) is 54.1 Å². The van der Waals surface area contributed by atoms with Crippen molar-refractivity contribution in [1.29, 1.82) is 0 Å². The molecule has 0 aliphatic carbocycles. The Morgan fingerprint density at radius 1 is 1.00 bits per heavy atom. The van der Waals surface area contributed by atoms with Crippen molar-refractivity contribution >= 4 is 23.4 Å². The van der Waals surface area contributed by atoms with Crippen LogP contribution in [0.25, 0.3) is 6.08 Å². The van der Waals surface area contributed by atoms with Gasteiger partial charge in [-0.25, -0.2) is 0 Å². The number of nitrogens with zero attached hydrogens (tertiary/aromatic N) is 1. The van der Waals surface area contributed by atoms with E-state index in [9.17, 15) is 22.4 Å². The van der Waals surface area contributed by atoms with E-state index >= 15 is 0 Å². The Bertz CT molecular complexity index is 900. The van der Waals surface area contributed by atoms with Gasteiger partial charge in [0.2, 0.25) is 5.91 Å². The third-order valence-electron chi connectivity index (χ3n) is 4.45. The van der Waals surface area contributed by atoms with Crippen molar-refractivity contribution in [3.63, 3.8) is 0 Å². The van der Waals surface area contributed by atoms with Gasteiger partial charge in [0.25, 0.3) is 0 Å². The first-order chi connectivity index (χ1) is 14.4. The molecule has 3 rings (SSSR count). The lowest BCUT2D eigenvalue weighted by atomic mass is 10.1. The number of hydrogen-bond acceptors (Lipinski definition) is 4. The molecular formula is C21H20F4N2O3. The van der Waals surface area contributed by atoms with E-state index in [0.29, 0.717) is 5.69 Å². The van der Waals surface area contributed by atoms with Crippen molar-refractivity contribution in [2.75, 3.05) is 23.3 Å². The molecule has 30 heavy (non-hydrogen) atoms. The molecular weight excluding hydrogens is 404 g/mol. The second-order valence-electron chi connectivity index (χ2n) is 6.49. The number of halogens is 4. The molecule has 1 aliphatic heterocycles. The van der Waals surface area contributed by atoms with E-state index in [0.717, 1.165) is 43.8 Å². The minimum Gasteiger partial charge on any atom is -0.435 e. The molecule has 1 heterocycles. The van der Waals surface area contributed by atoms with Crippen LogP contribution in [0.1, 0.15) is 18.4 Å². The second kappa shape index (κ2) is 10.00. The predicted molar refractivity (Wildman–Crippen MR) is 105 cm³/mol. The molecule has 0 saturated carbocycles. The number of nitrogens with one attached hydrogen (secondary N) is 1. The number of rotatable bonds is 8. The van der Waals surface area contributed by atoms with Crippen LogP contribution in [0.2, 0.25) is 0 Å². The smallest absolute Gasteiger partial charge is 0.387 e. The highest BCUT2D eigenvalue weighted by molar-refractivity contribution is 6.04. The molecule has 2 aromatic rings. The molecule has 5 nitrogen and oxygen atoms in total. The number of amides is 1. The molecule has 1 saturated heterocycles. The van der Waals surface area contributed by atoms with Gasteiger partial charge in [-0.2, -0.15) is 17.6 Å². The van der Waals surface area contributed by atoms with Crippen LogP contribution in [0.3, 0.4) is 0 Å². The maximum Gasteiger partial charge on any atom is 0.387 e. The summed E-state index contributed by atoms with van der Waals surface area (Å²) in [5, 5.41) is 2.78. The molecule has 160 valence electrons. The first-order valence-corrected chi connectivity index (χ1v) is 9.29. The normalized spacial score (nSPS) is 14.0. The molecule has 0 bridgehead atoms. The van der Waals surface area contributed by atoms with Gasteiger partial charge in [-0.1, -0.05) is 12.1 Å². The summed E-state index contributed by atoms with van der Waals surface area (Å²) < 4.78 is 58.5. The molecule has 0 radical (unpaired) electrons. The second-order valence-corrected chi connectivity index (χ2v) is 6.49. The number of carbonyl (C=O) groups excluding carboxylic acids is 1. The fraction of sp³-hybridized carbons (Fsp3) is 0.286. The van der Waals surface area contributed by atoms with E-state index in [1.54, 1.807) is 12.1 Å². The van der Waals surface area contributed by atoms with Gasteiger partial charge >= 0.3 is 13.2 Å². The zero-order valence-corrected chi connectivity index (χ0v) is 15.9. The summed E-state index contributed by atoms with van der Waals surface area (Å²) in [6.07, 6.45) is 4.58. The summed E-state index contributed by atoms with van der Waals surface area (Å²) in [5.41, 5.74) is 1.66. The zero-order chi connectivity index (χ0) is 21.5. The number of ether oxygens (including phenoxy) is 2. The Hall–Kier alpha value is -3.23. The summed E-state index contributed by atoms with van der Waals surface area (Å²) in [6, 6.07) is 10.7. The Balaban J connectivity index is 1.74. The average Bonchev–Trinajstić information content (AvgIpc) is 3.21. The van der Waals surface area contributed by atoms with Gasteiger partial charge in [0.1, 0.15) is 11.5 Å². The van der Waals surface area contributed by atoms with Crippen molar-refractivity contribution in [1.82, 2.24) is 0 Å². The molecule has 9 heteroatoms. The Labute approximate surface area is 170 Å². The number of anilines is 2. The van der Waals surface area contributed by atoms with Crippen molar-refractivity contribution < 1.29 is 31.8 Å². The predicted octanol–water partition coefficient (Wildman–Crippen LogP) is 5.14. The molecule has 1 N–H and O–H groups in total. The van der Waals surface area contributed by atoms with Crippen molar-refractivity contribution in [2.45, 2.75) is 26.1 Å². The Kier molecular flexibility index (Phi) is 7.16. The minimum atomic E-state index is -3.17. The van der Waals surface area contributed by atoms with Crippen LogP contribution in [-0.4, -0.2) is 32.2 Å². The standard InChI is InChI=1S/C21H20F4N2O3/c22-20(23)29-15-9-7-14(18(13-15)30-21(24)25)8-10-19(28)26-16-5-1-2-6-17(16)27-11-3-4-12-27/h1-2,5-10,13,20-21H,3-4,11-12H2,(H,26,28)/b10-8+. The van der Waals surface area contributed by atoms with E-state index in [1.807, 2.05) is 12.1 Å². The highest BCUT2D eigenvalue weighted by atomic mass is 19.3. The number of hydrogen-bond donors (Lipinski definition) is 1. The van der Waals surface area contributed by atoms with Gasteiger partial charge < -0.3 is 19.7 Å². The fourth-order valence-corrected chi connectivity index (χ4v) is 3.18. The lowest BCUT2D eigenvalue weighted by Gasteiger charge is -2.21. The Morgan fingerprint density at radius 3 is 2.40 bits per heavy atom. The molecule has 1 fully saturated rings. The van der Waals surface area contributed by atoms with Crippen LogP contribution in [0.5, 0.6) is 11.5 Å². The topological polar surface area (TPSA) is 50.8 Å². The molecule has 0 unspecified atom stereocenters. The van der Waals surface area contributed by atoms with E-state index in [-0.39, 0.29) is 17.1 Å². The van der Waals surface area contributed by atoms with E-state index in [2.05, 4.69) is 19.7 Å². The maximum absolute atomic E-state index is 12.7. The van der Waals surface area contributed by atoms with Crippen molar-refractivity contribution in [3.8, 4) is 11.5 Å². The summed E-state index contributed by atoms with van der Waals surface area (Å²) in [6.45, 7) is -4.46. The van der Waals surface area contributed by atoms with Crippen LogP contribution in [0.15, 0.2) is 48.5 Å². The largest absolute Gasteiger partial charge is 0.435 e. The third kappa shape index (κ3) is 5.88. The summed E-state index contributed by atoms with van der Waals surface area (Å²) in [4.78, 5) is 14.5. The van der Waals surface area contributed by atoms with Gasteiger partial charge in [-0.3, -0.25) is 4.79 Å². The monoisotopic (exact) mass is 424 g/mol. The lowest BCUT2D eigenvalue weighted by Crippen LogP contribution is -2.20. The van der Waals surface area contributed by atoms with Gasteiger partial charge in [0.15, 0.2) is 0 Å². The van der Waals surface area contributed by atoms with E-state index in [1.165, 1.54) is 18.2 Å². The number of alkyl halides is 4. The molecule has 2 aromatic carbocycles. The quantitative estimate of drug-likeness (QED) is 0.471. The van der Waals surface area contributed by atoms with Crippen LogP contribution in [0, 0.1) is 0 Å². The SMILES string of the molecule is O=C(/C=C/c1ccc(OC(F)F)cc1OC(F)F)Nc1ccccc1N1CCCC1. The van der Waals surface area contributed by atoms with E-state index in [4.69, 9.17) is 0 Å². The highest BCUT2D eigenvalue weighted by Gasteiger charge is 2.16. The lowest BCUT2D eigenvalue weighted by molar-refractivity contribution is -0.111. The Morgan fingerprint density at radius 2 is 1.70 bits per heavy atom. The van der Waals surface area contributed by atoms with Crippen LogP contribution < -0.4 is 19.7 Å². The van der Waals surface area contributed by atoms with Crippen LogP contribution >= 0.6 is 0 Å². The van der Waals surface area contributed by atoms with Crippen LogP contribution in [-0.2, 0) is 4.79 Å². The molecule has 1 aliphatic rings. The van der Waals surface area contributed by atoms with E-state index < -0.39 is 19.1 Å². The van der Waals surface area contributed by atoms with Gasteiger partial charge in [0, 0.05) is 30.8 Å². The summed E-state index contributed by atoms with van der Waals surface area (Å²) in [7, 11) is 0. The highest BCUT2D eigenvalue weighted by Crippen LogP contribution is 2.30. The number of carbonyl (C=O) groups is 1. The molecule has 0 spiro atoms. The first-order valence-electron chi connectivity index (χ1n) is 9.29. The number of para-hydroxylation sites is 2. The van der Waals surface area contributed by atoms with Crippen molar-refractivity contribution in [2.24, 2.45) is 0 Å². The minimum absolute atomic E-state index is 0.111. The van der Waals surface area contributed by atoms with Crippen LogP contribution in [0.4, 0.5) is 28.9 Å². The summed E-state index contributed by atoms with van der Waals surface area (Å²) in [5.74, 6) is -1.19. The molecule has 0 aromatic heterocycles. The molecule has 0 atom stereocenters. The average molecular weight is 424 g/mol. The van der Waals surface area contributed by atoms with Gasteiger partial charge in [-0.15, -0.1) is 0 Å². The van der Waals surface area contributed by atoms with Gasteiger partial charge in [-0.05, 0) is 43.2 Å². The molecule has 1 amide bonds. The van der Waals surface area contributed by atoms with Gasteiger partial charge in [0.05, 0.1) is 11.4 Å². The zero-order valence-electron chi connectivity index (χ0n) is 15.9. The maximum atomic E-state index is 12.7. The first kappa shape index (κ1) is 21.5. The number of benzene rings is 2.